The van der Waals surface area contributed by atoms with Crippen LogP contribution < -0.4 is 4.90 Å². The molecule has 1 aromatic rings. The molecule has 0 fully saturated rings. The standard InChI is InChI=1S/C16H22F3NO/c1-10(2)20-13(9-15(3,4)21)7-11-5-6-12(8-14(11)20)16(17,18)19/h5-6,8,10,13,21H,7,9H2,1-4H3. The molecule has 2 nitrogen and oxygen atoms in total. The molecule has 0 spiro atoms. The van der Waals surface area contributed by atoms with Crippen molar-refractivity contribution in [3.05, 3.63) is 29.3 Å². The highest BCUT2D eigenvalue weighted by Gasteiger charge is 2.37. The van der Waals surface area contributed by atoms with Gasteiger partial charge in [0.05, 0.1) is 11.2 Å². The summed E-state index contributed by atoms with van der Waals surface area (Å²) in [4.78, 5) is 2.00. The van der Waals surface area contributed by atoms with E-state index in [4.69, 9.17) is 0 Å². The van der Waals surface area contributed by atoms with Gasteiger partial charge < -0.3 is 10.0 Å². The van der Waals surface area contributed by atoms with Gasteiger partial charge in [-0.2, -0.15) is 13.2 Å². The monoisotopic (exact) mass is 301 g/mol. The van der Waals surface area contributed by atoms with Crippen LogP contribution >= 0.6 is 0 Å². The van der Waals surface area contributed by atoms with Gasteiger partial charge in [0, 0.05) is 17.8 Å². The smallest absolute Gasteiger partial charge is 0.390 e. The second-order valence-corrected chi connectivity index (χ2v) is 6.72. The number of aliphatic hydroxyl groups is 1. The molecule has 1 atom stereocenters. The maximum absolute atomic E-state index is 12.9. The predicted octanol–water partition coefficient (Wildman–Crippen LogP) is 4.01. The van der Waals surface area contributed by atoms with Crippen molar-refractivity contribution in [2.45, 2.75) is 64.4 Å². The summed E-state index contributed by atoms with van der Waals surface area (Å²) < 4.78 is 38.7. The molecule has 2 rings (SSSR count). The number of benzene rings is 1. The van der Waals surface area contributed by atoms with E-state index >= 15 is 0 Å². The van der Waals surface area contributed by atoms with Crippen molar-refractivity contribution in [3.8, 4) is 0 Å². The number of fused-ring (bicyclic) bond motifs is 1. The molecular formula is C16H22F3NO. The summed E-state index contributed by atoms with van der Waals surface area (Å²) in [6.07, 6.45) is -3.12. The summed E-state index contributed by atoms with van der Waals surface area (Å²) in [5.41, 5.74) is 0.114. The molecule has 0 bridgehead atoms. The van der Waals surface area contributed by atoms with Crippen LogP contribution in [-0.4, -0.2) is 22.8 Å². The Kier molecular flexibility index (Phi) is 4.00. The van der Waals surface area contributed by atoms with Gasteiger partial charge >= 0.3 is 6.18 Å². The lowest BCUT2D eigenvalue weighted by molar-refractivity contribution is -0.137. The molecule has 0 amide bonds. The van der Waals surface area contributed by atoms with Gasteiger partial charge in [0.25, 0.3) is 0 Å². The zero-order valence-corrected chi connectivity index (χ0v) is 12.8. The number of rotatable bonds is 3. The number of anilines is 1. The van der Waals surface area contributed by atoms with E-state index < -0.39 is 17.3 Å². The van der Waals surface area contributed by atoms with Crippen LogP contribution in [0, 0.1) is 0 Å². The summed E-state index contributed by atoms with van der Waals surface area (Å²) in [7, 11) is 0. The molecule has 1 aromatic carbocycles. The van der Waals surface area contributed by atoms with Crippen LogP contribution in [0.25, 0.3) is 0 Å². The third-order valence-electron chi connectivity index (χ3n) is 3.83. The summed E-state index contributed by atoms with van der Waals surface area (Å²) in [5.74, 6) is 0. The molecule has 1 heterocycles. The van der Waals surface area contributed by atoms with E-state index in [1.165, 1.54) is 6.07 Å². The predicted molar refractivity (Wildman–Crippen MR) is 77.5 cm³/mol. The van der Waals surface area contributed by atoms with Gasteiger partial charge in [-0.1, -0.05) is 6.07 Å². The molecule has 1 aliphatic heterocycles. The number of hydrogen-bond acceptors (Lipinski definition) is 2. The molecule has 1 aliphatic rings. The maximum Gasteiger partial charge on any atom is 0.416 e. The molecule has 0 aromatic heterocycles. The van der Waals surface area contributed by atoms with Crippen LogP contribution in [0.2, 0.25) is 0 Å². The van der Waals surface area contributed by atoms with Crippen molar-refractivity contribution in [2.24, 2.45) is 0 Å². The van der Waals surface area contributed by atoms with E-state index in [0.29, 0.717) is 18.5 Å². The Bertz CT molecular complexity index is 517. The van der Waals surface area contributed by atoms with Gasteiger partial charge in [-0.15, -0.1) is 0 Å². The van der Waals surface area contributed by atoms with E-state index in [0.717, 1.165) is 11.6 Å². The van der Waals surface area contributed by atoms with Crippen molar-refractivity contribution in [1.82, 2.24) is 0 Å². The first-order valence-electron chi connectivity index (χ1n) is 7.20. The molecule has 0 saturated heterocycles. The Balaban J connectivity index is 2.38. The van der Waals surface area contributed by atoms with Crippen molar-refractivity contribution in [3.63, 3.8) is 0 Å². The molecule has 0 radical (unpaired) electrons. The maximum atomic E-state index is 12.9. The van der Waals surface area contributed by atoms with Gasteiger partial charge in [0.15, 0.2) is 0 Å². The van der Waals surface area contributed by atoms with E-state index in [2.05, 4.69) is 0 Å². The molecule has 1 N–H and O–H groups in total. The minimum Gasteiger partial charge on any atom is -0.390 e. The molecular weight excluding hydrogens is 279 g/mol. The zero-order valence-electron chi connectivity index (χ0n) is 12.8. The van der Waals surface area contributed by atoms with E-state index in [-0.39, 0.29) is 12.1 Å². The van der Waals surface area contributed by atoms with Gasteiger partial charge in [0.1, 0.15) is 0 Å². The molecule has 5 heteroatoms. The first-order valence-corrected chi connectivity index (χ1v) is 7.20. The Morgan fingerprint density at radius 2 is 1.90 bits per heavy atom. The lowest BCUT2D eigenvalue weighted by Gasteiger charge is -2.34. The lowest BCUT2D eigenvalue weighted by atomic mass is 9.96. The van der Waals surface area contributed by atoms with Crippen LogP contribution in [-0.2, 0) is 12.6 Å². The fourth-order valence-corrected chi connectivity index (χ4v) is 3.15. The van der Waals surface area contributed by atoms with Gasteiger partial charge in [-0.05, 0) is 58.2 Å². The molecule has 0 saturated carbocycles. The fraction of sp³-hybridized carbons (Fsp3) is 0.625. The van der Waals surface area contributed by atoms with Crippen LogP contribution in [0.4, 0.5) is 18.9 Å². The van der Waals surface area contributed by atoms with Crippen LogP contribution in [0.5, 0.6) is 0 Å². The highest BCUT2D eigenvalue weighted by molar-refractivity contribution is 5.62. The average molecular weight is 301 g/mol. The lowest BCUT2D eigenvalue weighted by Crippen LogP contribution is -2.42. The normalized spacial score (nSPS) is 19.3. The van der Waals surface area contributed by atoms with Crippen molar-refractivity contribution in [2.75, 3.05) is 4.90 Å². The molecule has 0 aliphatic carbocycles. The summed E-state index contributed by atoms with van der Waals surface area (Å²) in [6.45, 7) is 7.39. The van der Waals surface area contributed by atoms with Gasteiger partial charge in [-0.3, -0.25) is 0 Å². The SMILES string of the molecule is CC(C)N1c2cc(C(F)(F)F)ccc2CC1CC(C)(C)O. The van der Waals surface area contributed by atoms with Crippen molar-refractivity contribution >= 4 is 5.69 Å². The van der Waals surface area contributed by atoms with Crippen LogP contribution in [0.1, 0.15) is 45.2 Å². The minimum atomic E-state index is -4.33. The Labute approximate surface area is 123 Å². The number of nitrogens with zero attached hydrogens (tertiary/aromatic N) is 1. The summed E-state index contributed by atoms with van der Waals surface area (Å²) >= 11 is 0. The van der Waals surface area contributed by atoms with E-state index in [1.54, 1.807) is 19.9 Å². The third-order valence-corrected chi connectivity index (χ3v) is 3.83. The number of hydrogen-bond donors (Lipinski definition) is 1. The summed E-state index contributed by atoms with van der Waals surface area (Å²) in [5, 5.41) is 10.0. The van der Waals surface area contributed by atoms with Crippen LogP contribution in [0.15, 0.2) is 18.2 Å². The van der Waals surface area contributed by atoms with E-state index in [9.17, 15) is 18.3 Å². The average Bonchev–Trinajstić information content (AvgIpc) is 2.61. The van der Waals surface area contributed by atoms with Crippen LogP contribution in [0.3, 0.4) is 0 Å². The van der Waals surface area contributed by atoms with Gasteiger partial charge in [-0.25, -0.2) is 0 Å². The first-order chi connectivity index (χ1) is 9.49. The third kappa shape index (κ3) is 3.51. The molecule has 1 unspecified atom stereocenters. The highest BCUT2D eigenvalue weighted by atomic mass is 19.4. The quantitative estimate of drug-likeness (QED) is 0.912. The zero-order chi connectivity index (χ0) is 16.0. The summed E-state index contributed by atoms with van der Waals surface area (Å²) in [6, 6.07) is 4.06. The first kappa shape index (κ1) is 16.1. The number of alkyl halides is 3. The Morgan fingerprint density at radius 1 is 1.29 bits per heavy atom. The molecule has 21 heavy (non-hydrogen) atoms. The second kappa shape index (κ2) is 5.20. The minimum absolute atomic E-state index is 0.0310. The highest BCUT2D eigenvalue weighted by Crippen LogP contribution is 2.40. The fourth-order valence-electron chi connectivity index (χ4n) is 3.15. The second-order valence-electron chi connectivity index (χ2n) is 6.72. The Hall–Kier alpha value is -1.23. The van der Waals surface area contributed by atoms with Crippen molar-refractivity contribution < 1.29 is 18.3 Å². The molecule has 118 valence electrons. The van der Waals surface area contributed by atoms with E-state index in [1.807, 2.05) is 18.7 Å². The number of halogens is 3. The Morgan fingerprint density at radius 3 is 2.38 bits per heavy atom. The topological polar surface area (TPSA) is 23.5 Å². The van der Waals surface area contributed by atoms with Gasteiger partial charge in [0.2, 0.25) is 0 Å². The largest absolute Gasteiger partial charge is 0.416 e. The van der Waals surface area contributed by atoms with Crippen molar-refractivity contribution in [1.29, 1.82) is 0 Å².